The first-order valence-corrected chi connectivity index (χ1v) is 8.44. The van der Waals surface area contributed by atoms with E-state index in [0.29, 0.717) is 27.9 Å². The minimum Gasteiger partial charge on any atom is -0.495 e. The predicted molar refractivity (Wildman–Crippen MR) is 98.2 cm³/mol. The van der Waals surface area contributed by atoms with Crippen molar-refractivity contribution in [3.63, 3.8) is 0 Å². The number of pyridine rings is 1. The zero-order chi connectivity index (χ0) is 17.8. The number of halogens is 1. The van der Waals surface area contributed by atoms with Gasteiger partial charge in [-0.05, 0) is 25.0 Å². The fraction of sp³-hybridized carbons (Fsp3) is 0.333. The summed E-state index contributed by atoms with van der Waals surface area (Å²) in [7, 11) is 3.03. The molecular weight excluding hydrogens is 342 g/mol. The smallest absolute Gasteiger partial charge is 0.274 e. The van der Waals surface area contributed by atoms with E-state index >= 15 is 0 Å². The van der Waals surface area contributed by atoms with Gasteiger partial charge in [0.2, 0.25) is 0 Å². The van der Waals surface area contributed by atoms with Crippen LogP contribution in [0.4, 0.5) is 11.4 Å². The van der Waals surface area contributed by atoms with E-state index in [2.05, 4.69) is 15.2 Å². The number of nitrogens with zero attached hydrogens (tertiary/aromatic N) is 2. The number of hydrogen-bond acceptors (Lipinski definition) is 5. The van der Waals surface area contributed by atoms with Crippen LogP contribution in [0.3, 0.4) is 0 Å². The molecule has 0 atom stereocenters. The highest BCUT2D eigenvalue weighted by atomic mass is 35.5. The second-order valence-electron chi connectivity index (χ2n) is 5.73. The number of anilines is 2. The Bertz CT molecular complexity index is 776. The maximum atomic E-state index is 12.6. The fourth-order valence-electron chi connectivity index (χ4n) is 2.86. The number of amides is 1. The Morgan fingerprint density at radius 3 is 2.56 bits per heavy atom. The van der Waals surface area contributed by atoms with Crippen molar-refractivity contribution in [1.82, 2.24) is 4.98 Å². The number of benzene rings is 1. The van der Waals surface area contributed by atoms with Crippen molar-refractivity contribution in [2.45, 2.75) is 12.8 Å². The normalized spacial score (nSPS) is 13.6. The second-order valence-corrected chi connectivity index (χ2v) is 6.14. The zero-order valence-electron chi connectivity index (χ0n) is 14.2. The SMILES string of the molecule is COc1cc(NC(=O)c2cc(N3CCCC3)ccn2)c(OC)cc1Cl. The second kappa shape index (κ2) is 7.61. The molecule has 0 aliphatic carbocycles. The molecule has 1 saturated heterocycles. The van der Waals surface area contributed by atoms with Gasteiger partial charge < -0.3 is 19.7 Å². The molecule has 3 rings (SSSR count). The van der Waals surface area contributed by atoms with Crippen LogP contribution >= 0.6 is 11.6 Å². The van der Waals surface area contributed by atoms with Crippen molar-refractivity contribution < 1.29 is 14.3 Å². The summed E-state index contributed by atoms with van der Waals surface area (Å²) in [6, 6.07) is 6.96. The average Bonchev–Trinajstić information content (AvgIpc) is 3.17. The number of hydrogen-bond donors (Lipinski definition) is 1. The van der Waals surface area contributed by atoms with Crippen LogP contribution in [0.25, 0.3) is 0 Å². The lowest BCUT2D eigenvalue weighted by Crippen LogP contribution is -2.19. The minimum atomic E-state index is -0.316. The van der Waals surface area contributed by atoms with E-state index in [1.807, 2.05) is 6.07 Å². The van der Waals surface area contributed by atoms with E-state index in [9.17, 15) is 4.79 Å². The monoisotopic (exact) mass is 361 g/mol. The molecule has 7 heteroatoms. The Morgan fingerprint density at radius 2 is 1.88 bits per heavy atom. The lowest BCUT2D eigenvalue weighted by atomic mass is 10.2. The first-order chi connectivity index (χ1) is 12.1. The zero-order valence-corrected chi connectivity index (χ0v) is 15.0. The van der Waals surface area contributed by atoms with Crippen LogP contribution in [0, 0.1) is 0 Å². The molecule has 1 N–H and O–H groups in total. The van der Waals surface area contributed by atoms with Crippen molar-refractivity contribution in [1.29, 1.82) is 0 Å². The molecule has 2 heterocycles. The predicted octanol–water partition coefficient (Wildman–Crippen LogP) is 3.60. The van der Waals surface area contributed by atoms with Gasteiger partial charge in [-0.15, -0.1) is 0 Å². The highest BCUT2D eigenvalue weighted by molar-refractivity contribution is 6.32. The average molecular weight is 362 g/mol. The first kappa shape index (κ1) is 17.4. The summed E-state index contributed by atoms with van der Waals surface area (Å²) in [5.74, 6) is 0.593. The van der Waals surface area contributed by atoms with Crippen LogP contribution in [-0.4, -0.2) is 38.2 Å². The minimum absolute atomic E-state index is 0.316. The summed E-state index contributed by atoms with van der Waals surface area (Å²) in [5.41, 5.74) is 1.83. The van der Waals surface area contributed by atoms with Gasteiger partial charge in [0.25, 0.3) is 5.91 Å². The van der Waals surface area contributed by atoms with E-state index in [1.165, 1.54) is 27.1 Å². The third-order valence-electron chi connectivity index (χ3n) is 4.17. The number of carbonyl (C=O) groups is 1. The van der Waals surface area contributed by atoms with Crippen LogP contribution in [-0.2, 0) is 0 Å². The topological polar surface area (TPSA) is 63.7 Å². The van der Waals surface area contributed by atoms with Gasteiger partial charge in [0.05, 0.1) is 24.9 Å². The Labute approximate surface area is 151 Å². The molecule has 0 spiro atoms. The van der Waals surface area contributed by atoms with E-state index in [0.717, 1.165) is 18.8 Å². The van der Waals surface area contributed by atoms with Gasteiger partial charge in [-0.2, -0.15) is 0 Å². The van der Waals surface area contributed by atoms with Crippen molar-refractivity contribution >= 4 is 28.9 Å². The van der Waals surface area contributed by atoms with Crippen molar-refractivity contribution in [3.8, 4) is 11.5 Å². The summed E-state index contributed by atoms with van der Waals surface area (Å²) in [5, 5.41) is 3.22. The number of methoxy groups -OCH3 is 2. The summed E-state index contributed by atoms with van der Waals surface area (Å²) in [4.78, 5) is 19.1. The Kier molecular flexibility index (Phi) is 5.28. The summed E-state index contributed by atoms with van der Waals surface area (Å²) < 4.78 is 10.5. The van der Waals surface area contributed by atoms with E-state index in [4.69, 9.17) is 21.1 Å². The lowest BCUT2D eigenvalue weighted by Gasteiger charge is -2.18. The van der Waals surface area contributed by atoms with Crippen LogP contribution in [0.5, 0.6) is 11.5 Å². The van der Waals surface area contributed by atoms with Gasteiger partial charge >= 0.3 is 0 Å². The molecule has 0 radical (unpaired) electrons. The number of rotatable bonds is 5. The quantitative estimate of drug-likeness (QED) is 0.881. The van der Waals surface area contributed by atoms with E-state index < -0.39 is 0 Å². The summed E-state index contributed by atoms with van der Waals surface area (Å²) >= 11 is 6.09. The van der Waals surface area contributed by atoms with Crippen LogP contribution in [0.2, 0.25) is 5.02 Å². The molecule has 1 aliphatic heterocycles. The van der Waals surface area contributed by atoms with Crippen LogP contribution in [0.15, 0.2) is 30.5 Å². The molecule has 2 aromatic rings. The molecular formula is C18H20ClN3O3. The summed E-state index contributed by atoms with van der Waals surface area (Å²) in [6.07, 6.45) is 4.00. The Morgan fingerprint density at radius 1 is 1.16 bits per heavy atom. The van der Waals surface area contributed by atoms with Gasteiger partial charge in [0.1, 0.15) is 17.2 Å². The molecule has 0 unspecified atom stereocenters. The number of ether oxygens (including phenoxy) is 2. The van der Waals surface area contributed by atoms with E-state index in [1.54, 1.807) is 24.4 Å². The highest BCUT2D eigenvalue weighted by Crippen LogP contribution is 2.36. The Balaban J connectivity index is 1.84. The third kappa shape index (κ3) is 3.79. The third-order valence-corrected chi connectivity index (χ3v) is 4.46. The molecule has 1 fully saturated rings. The van der Waals surface area contributed by atoms with Crippen LogP contribution in [0.1, 0.15) is 23.3 Å². The molecule has 25 heavy (non-hydrogen) atoms. The molecule has 1 aromatic carbocycles. The van der Waals surface area contributed by atoms with Gasteiger partial charge in [-0.3, -0.25) is 9.78 Å². The molecule has 6 nitrogen and oxygen atoms in total. The fourth-order valence-corrected chi connectivity index (χ4v) is 3.09. The Hall–Kier alpha value is -2.47. The van der Waals surface area contributed by atoms with Crippen molar-refractivity contribution in [3.05, 3.63) is 41.2 Å². The number of aromatic nitrogens is 1. The van der Waals surface area contributed by atoms with Crippen molar-refractivity contribution in [2.75, 3.05) is 37.5 Å². The van der Waals surface area contributed by atoms with E-state index in [-0.39, 0.29) is 5.91 Å². The standard InChI is InChI=1S/C18H20ClN3O3/c1-24-16-11-14(17(25-2)10-13(16)19)21-18(23)15-9-12(5-6-20-15)22-7-3-4-8-22/h5-6,9-11H,3-4,7-8H2,1-2H3,(H,21,23). The molecule has 1 aliphatic rings. The molecule has 0 saturated carbocycles. The van der Waals surface area contributed by atoms with Gasteiger partial charge in [0, 0.05) is 37.1 Å². The van der Waals surface area contributed by atoms with Crippen LogP contribution < -0.4 is 19.7 Å². The first-order valence-electron chi connectivity index (χ1n) is 8.06. The largest absolute Gasteiger partial charge is 0.495 e. The number of nitrogens with one attached hydrogen (secondary N) is 1. The van der Waals surface area contributed by atoms with Gasteiger partial charge in [-0.1, -0.05) is 11.6 Å². The molecule has 0 bridgehead atoms. The molecule has 132 valence electrons. The maximum Gasteiger partial charge on any atom is 0.274 e. The van der Waals surface area contributed by atoms with Crippen molar-refractivity contribution in [2.24, 2.45) is 0 Å². The lowest BCUT2D eigenvalue weighted by molar-refractivity contribution is 0.102. The highest BCUT2D eigenvalue weighted by Gasteiger charge is 2.17. The molecule has 1 amide bonds. The molecule has 1 aromatic heterocycles. The maximum absolute atomic E-state index is 12.6. The number of carbonyl (C=O) groups excluding carboxylic acids is 1. The van der Waals surface area contributed by atoms with Gasteiger partial charge in [0.15, 0.2) is 0 Å². The van der Waals surface area contributed by atoms with Gasteiger partial charge in [-0.25, -0.2) is 0 Å². The summed E-state index contributed by atoms with van der Waals surface area (Å²) in [6.45, 7) is 2.01.